The number of amidine groups is 1. The van der Waals surface area contributed by atoms with E-state index in [1.807, 2.05) is 12.1 Å². The fourth-order valence-electron chi connectivity index (χ4n) is 4.83. The van der Waals surface area contributed by atoms with Gasteiger partial charge in [-0.2, -0.15) is 8.42 Å². The Morgan fingerprint density at radius 2 is 1.51 bits per heavy atom. The zero-order valence-electron chi connectivity index (χ0n) is 21.1. The monoisotopic (exact) mass is 502 g/mol. The van der Waals surface area contributed by atoms with Crippen LogP contribution in [0.4, 0.5) is 5.69 Å². The first-order chi connectivity index (χ1) is 16.1. The molecule has 0 saturated carbocycles. The molecule has 0 atom stereocenters. The molecular formula is C27H31N2NaO4S. The molecule has 2 aromatic rings. The summed E-state index contributed by atoms with van der Waals surface area (Å²) in [6.45, 7) is 8.45. The number of benzene rings is 2. The molecular weight excluding hydrogens is 471 g/mol. The fourth-order valence-corrected chi connectivity index (χ4v) is 5.95. The van der Waals surface area contributed by atoms with Crippen LogP contribution < -0.4 is 40.0 Å². The van der Waals surface area contributed by atoms with Gasteiger partial charge in [0.15, 0.2) is 11.6 Å². The number of fused-ring (bicyclic) bond motifs is 2. The van der Waals surface area contributed by atoms with Gasteiger partial charge in [0, 0.05) is 0 Å². The number of hydrogen-bond acceptors (Lipinski definition) is 5. The fraction of sp³-hybridized carbons (Fsp3) is 0.407. The Kier molecular flexibility index (Phi) is 8.37. The molecule has 2 aromatic carbocycles. The topological polar surface area (TPSA) is 98.7 Å². The van der Waals surface area contributed by atoms with Crippen LogP contribution >= 0.6 is 0 Å². The van der Waals surface area contributed by atoms with Gasteiger partial charge in [-0.3, -0.25) is 4.79 Å². The van der Waals surface area contributed by atoms with Crippen molar-refractivity contribution in [1.82, 2.24) is 0 Å². The molecule has 4 rings (SSSR count). The Labute approximate surface area is 230 Å². The number of ketones is 1. The molecule has 8 heteroatoms. The van der Waals surface area contributed by atoms with Gasteiger partial charge in [0.05, 0.1) is 16.7 Å². The summed E-state index contributed by atoms with van der Waals surface area (Å²) in [6, 6.07) is 13.6. The number of rotatable bonds is 7. The van der Waals surface area contributed by atoms with Gasteiger partial charge in [0.1, 0.15) is 4.90 Å². The van der Waals surface area contributed by atoms with E-state index in [-0.39, 0.29) is 51.6 Å². The van der Waals surface area contributed by atoms with E-state index in [4.69, 9.17) is 0 Å². The van der Waals surface area contributed by atoms with Crippen LogP contribution in [-0.2, 0) is 20.2 Å². The minimum absolute atomic E-state index is 0. The maximum absolute atomic E-state index is 14.3. The average Bonchev–Trinajstić information content (AvgIpc) is 2.78. The van der Waals surface area contributed by atoms with E-state index >= 15 is 0 Å². The first-order valence-corrected chi connectivity index (χ1v) is 13.3. The zero-order valence-corrected chi connectivity index (χ0v) is 23.9. The number of anilines is 1. The Bertz CT molecular complexity index is 1280. The summed E-state index contributed by atoms with van der Waals surface area (Å²) in [5.74, 6) is -0.255. The standard InChI is InChI=1S/C27H32N2O4S.Na/c1-17(2)13-15-27(16-14-18(3)4)20-10-6-5-9-19(20)24(30)23(25(27)31)26-28-21-11-7-8-12-22(21)34(32,33)29-26;/h5-12,17-18,30H,13-16H2,1-4H3,(H,28,29);/q;+1/p-1. The van der Waals surface area contributed by atoms with Crippen molar-refractivity contribution in [2.45, 2.75) is 63.7 Å². The number of para-hydroxylation sites is 1. The predicted molar refractivity (Wildman–Crippen MR) is 133 cm³/mol. The summed E-state index contributed by atoms with van der Waals surface area (Å²) < 4.78 is 29.7. The molecule has 0 amide bonds. The van der Waals surface area contributed by atoms with Gasteiger partial charge in [-0.1, -0.05) is 69.9 Å². The largest absolute Gasteiger partial charge is 1.00 e. The Morgan fingerprint density at radius 1 is 0.943 bits per heavy atom. The Morgan fingerprint density at radius 3 is 2.14 bits per heavy atom. The van der Waals surface area contributed by atoms with Gasteiger partial charge in [0.2, 0.25) is 0 Å². The molecule has 2 aliphatic rings. The quantitative estimate of drug-likeness (QED) is 0.581. The molecule has 1 aliphatic heterocycles. The number of sulfonamides is 1. The van der Waals surface area contributed by atoms with Crippen LogP contribution in [0.25, 0.3) is 5.76 Å². The predicted octanol–water partition coefficient (Wildman–Crippen LogP) is 1.67. The number of hydrogen-bond donors (Lipinski definition) is 1. The first-order valence-electron chi connectivity index (χ1n) is 11.8. The molecule has 0 spiro atoms. The smallest absolute Gasteiger partial charge is 0.871 e. The van der Waals surface area contributed by atoms with E-state index in [0.29, 0.717) is 35.9 Å². The SMILES string of the molecule is CC(C)CCC1(CCC(C)C)C(=O)C(C2=NS(=O)(=O)c3ccccc3N2)=C([O-])c2ccccc21.[Na+]. The van der Waals surface area contributed by atoms with Gasteiger partial charge < -0.3 is 10.4 Å². The molecule has 0 aromatic heterocycles. The normalized spacial score (nSPS) is 17.9. The summed E-state index contributed by atoms with van der Waals surface area (Å²) in [5.41, 5.74) is 0.443. The van der Waals surface area contributed by atoms with Crippen molar-refractivity contribution in [3.63, 3.8) is 0 Å². The van der Waals surface area contributed by atoms with Crippen LogP contribution in [0.1, 0.15) is 64.5 Å². The number of carbonyl (C=O) groups excluding carboxylic acids is 1. The van der Waals surface area contributed by atoms with Gasteiger partial charge in [-0.05, 0) is 60.8 Å². The average molecular weight is 503 g/mol. The number of Topliss-reactive ketones (excluding diaryl/α,β-unsaturated/α-hetero) is 1. The zero-order chi connectivity index (χ0) is 24.7. The third-order valence-corrected chi connectivity index (χ3v) is 8.07. The molecule has 180 valence electrons. The van der Waals surface area contributed by atoms with Gasteiger partial charge in [0.25, 0.3) is 10.0 Å². The van der Waals surface area contributed by atoms with Crippen molar-refractivity contribution >= 4 is 33.1 Å². The molecule has 1 N–H and O–H groups in total. The minimum atomic E-state index is -4.05. The van der Waals surface area contributed by atoms with Crippen molar-refractivity contribution in [2.24, 2.45) is 16.2 Å². The maximum atomic E-state index is 14.3. The summed E-state index contributed by atoms with van der Waals surface area (Å²) in [5, 5.41) is 16.6. The van der Waals surface area contributed by atoms with E-state index in [2.05, 4.69) is 37.4 Å². The second kappa shape index (κ2) is 10.6. The van der Waals surface area contributed by atoms with E-state index < -0.39 is 21.2 Å². The molecule has 0 radical (unpaired) electrons. The Balaban J connectivity index is 0.00000342. The van der Waals surface area contributed by atoms with E-state index in [9.17, 15) is 18.3 Å². The summed E-state index contributed by atoms with van der Waals surface area (Å²) in [7, 11) is -4.05. The first kappa shape index (κ1) is 27.7. The number of nitrogens with zero attached hydrogens (tertiary/aromatic N) is 1. The third-order valence-electron chi connectivity index (χ3n) is 6.74. The summed E-state index contributed by atoms with van der Waals surface area (Å²) in [6.07, 6.45) is 2.78. The molecule has 35 heavy (non-hydrogen) atoms. The van der Waals surface area contributed by atoms with Gasteiger partial charge in [-0.15, -0.1) is 4.40 Å². The van der Waals surface area contributed by atoms with Crippen molar-refractivity contribution in [3.8, 4) is 0 Å². The second-order valence-corrected chi connectivity index (χ2v) is 11.6. The molecule has 0 unspecified atom stereocenters. The van der Waals surface area contributed by atoms with E-state index in [0.717, 1.165) is 18.4 Å². The van der Waals surface area contributed by atoms with Crippen LogP contribution in [0.5, 0.6) is 0 Å². The minimum Gasteiger partial charge on any atom is -0.871 e. The van der Waals surface area contributed by atoms with Crippen molar-refractivity contribution in [3.05, 3.63) is 65.2 Å². The summed E-state index contributed by atoms with van der Waals surface area (Å²) >= 11 is 0. The van der Waals surface area contributed by atoms with Crippen molar-refractivity contribution < 1.29 is 47.9 Å². The third kappa shape index (κ3) is 5.15. The number of nitrogens with one attached hydrogen (secondary N) is 1. The molecule has 1 heterocycles. The number of carbonyl (C=O) groups is 1. The summed E-state index contributed by atoms with van der Waals surface area (Å²) in [4.78, 5) is 14.3. The molecule has 0 fully saturated rings. The molecule has 1 aliphatic carbocycles. The van der Waals surface area contributed by atoms with Crippen LogP contribution in [0.2, 0.25) is 0 Å². The van der Waals surface area contributed by atoms with Crippen molar-refractivity contribution in [1.29, 1.82) is 0 Å². The van der Waals surface area contributed by atoms with Crippen LogP contribution in [-0.4, -0.2) is 20.0 Å². The van der Waals surface area contributed by atoms with Crippen LogP contribution in [0.3, 0.4) is 0 Å². The van der Waals surface area contributed by atoms with E-state index in [1.165, 1.54) is 6.07 Å². The van der Waals surface area contributed by atoms with Crippen LogP contribution in [0.15, 0.2) is 63.4 Å². The molecule has 6 nitrogen and oxygen atoms in total. The van der Waals surface area contributed by atoms with Crippen molar-refractivity contribution in [2.75, 3.05) is 5.32 Å². The molecule has 0 bridgehead atoms. The molecule has 0 saturated heterocycles. The van der Waals surface area contributed by atoms with E-state index in [1.54, 1.807) is 30.3 Å². The van der Waals surface area contributed by atoms with Gasteiger partial charge in [-0.25, -0.2) is 0 Å². The second-order valence-electron chi connectivity index (χ2n) is 10.1. The Hall–Kier alpha value is -1.93. The van der Waals surface area contributed by atoms with Gasteiger partial charge >= 0.3 is 29.6 Å². The maximum Gasteiger partial charge on any atom is 1.00 e. The van der Waals surface area contributed by atoms with Crippen LogP contribution in [0, 0.1) is 11.8 Å².